The Morgan fingerprint density at radius 2 is 1.86 bits per heavy atom. The molecule has 3 heterocycles. The number of hydrogen-bond acceptors (Lipinski definition) is 5. The lowest BCUT2D eigenvalue weighted by Crippen LogP contribution is -1.94. The van der Waals surface area contributed by atoms with Crippen LogP contribution in [0, 0.1) is 0 Å². The average molecular weight is 420 g/mol. The summed E-state index contributed by atoms with van der Waals surface area (Å²) in [6, 6.07) is 18.6. The minimum Gasteiger partial charge on any atom is -0.355 e. The van der Waals surface area contributed by atoms with Crippen LogP contribution >= 0.6 is 23.7 Å². The molecular weight excluding hydrogens is 402 g/mol. The highest BCUT2D eigenvalue weighted by atomic mass is 35.5. The van der Waals surface area contributed by atoms with E-state index in [2.05, 4.69) is 56.8 Å². The number of rotatable bonds is 4. The van der Waals surface area contributed by atoms with Gasteiger partial charge in [-0.2, -0.15) is 5.10 Å². The van der Waals surface area contributed by atoms with E-state index in [9.17, 15) is 0 Å². The third-order valence-corrected chi connectivity index (χ3v) is 5.40. The van der Waals surface area contributed by atoms with Crippen molar-refractivity contribution in [2.75, 3.05) is 5.32 Å². The van der Waals surface area contributed by atoms with Gasteiger partial charge in [-0.25, -0.2) is 4.98 Å². The number of hydrogen-bond donors (Lipinski definition) is 1. The van der Waals surface area contributed by atoms with Crippen LogP contribution in [-0.4, -0.2) is 19.7 Å². The van der Waals surface area contributed by atoms with Crippen LogP contribution in [0.15, 0.2) is 78.6 Å². The molecule has 1 N–H and O–H groups in total. The van der Waals surface area contributed by atoms with E-state index in [-0.39, 0.29) is 12.4 Å². The van der Waals surface area contributed by atoms with Crippen molar-refractivity contribution in [3.05, 3.63) is 78.6 Å². The van der Waals surface area contributed by atoms with Crippen LogP contribution < -0.4 is 5.32 Å². The molecule has 5 nitrogen and oxygen atoms in total. The second-order valence-corrected chi connectivity index (χ2v) is 7.40. The van der Waals surface area contributed by atoms with Crippen molar-refractivity contribution in [1.29, 1.82) is 0 Å². The van der Waals surface area contributed by atoms with Gasteiger partial charge in [-0.1, -0.05) is 24.3 Å². The second kappa shape index (κ2) is 8.03. The van der Waals surface area contributed by atoms with E-state index < -0.39 is 0 Å². The molecule has 0 fully saturated rings. The molecule has 0 radical (unpaired) electrons. The van der Waals surface area contributed by atoms with Crippen molar-refractivity contribution in [3.63, 3.8) is 0 Å². The van der Waals surface area contributed by atoms with E-state index in [1.807, 2.05) is 53.9 Å². The van der Waals surface area contributed by atoms with Gasteiger partial charge in [0.05, 0.1) is 11.2 Å². The van der Waals surface area contributed by atoms with Crippen LogP contribution in [0.1, 0.15) is 0 Å². The zero-order chi connectivity index (χ0) is 18.9. The molecule has 0 aliphatic heterocycles. The maximum Gasteiger partial charge on any atom is 0.123 e. The lowest BCUT2D eigenvalue weighted by Gasteiger charge is -2.11. The molecular formula is C22H18ClN5S. The zero-order valence-electron chi connectivity index (χ0n) is 15.6. The van der Waals surface area contributed by atoms with Crippen molar-refractivity contribution < 1.29 is 0 Å². The maximum atomic E-state index is 4.55. The number of halogens is 1. The van der Waals surface area contributed by atoms with Crippen molar-refractivity contribution in [1.82, 2.24) is 19.7 Å². The SMILES string of the molecule is Cl.Cn1ccc(-c2cccc(Nc3ccnc4cc(-c5nccs5)ccc34)c2)n1. The Bertz CT molecular complexity index is 1260. The van der Waals surface area contributed by atoms with Crippen molar-refractivity contribution in [2.45, 2.75) is 0 Å². The lowest BCUT2D eigenvalue weighted by atomic mass is 10.1. The quantitative estimate of drug-likeness (QED) is 0.392. The van der Waals surface area contributed by atoms with Gasteiger partial charge in [0.15, 0.2) is 0 Å². The molecule has 0 saturated carbocycles. The summed E-state index contributed by atoms with van der Waals surface area (Å²) in [5.74, 6) is 0. The molecule has 0 aliphatic rings. The van der Waals surface area contributed by atoms with Crippen molar-refractivity contribution in [2.24, 2.45) is 7.05 Å². The molecule has 0 saturated heterocycles. The Morgan fingerprint density at radius 1 is 0.931 bits per heavy atom. The molecule has 0 unspecified atom stereocenters. The molecule has 7 heteroatoms. The van der Waals surface area contributed by atoms with E-state index in [1.165, 1.54) is 0 Å². The van der Waals surface area contributed by atoms with Gasteiger partial charge < -0.3 is 5.32 Å². The van der Waals surface area contributed by atoms with E-state index in [0.717, 1.165) is 44.1 Å². The highest BCUT2D eigenvalue weighted by Crippen LogP contribution is 2.31. The van der Waals surface area contributed by atoms with Crippen LogP contribution in [0.4, 0.5) is 11.4 Å². The second-order valence-electron chi connectivity index (χ2n) is 6.51. The number of aromatic nitrogens is 4. The monoisotopic (exact) mass is 419 g/mol. The van der Waals surface area contributed by atoms with Crippen LogP contribution in [0.25, 0.3) is 32.7 Å². The van der Waals surface area contributed by atoms with Crippen LogP contribution in [0.3, 0.4) is 0 Å². The van der Waals surface area contributed by atoms with E-state index in [0.29, 0.717) is 0 Å². The molecule has 144 valence electrons. The summed E-state index contributed by atoms with van der Waals surface area (Å²) >= 11 is 1.63. The molecule has 0 aliphatic carbocycles. The predicted octanol–water partition coefficient (Wildman–Crippen LogP) is 5.92. The third-order valence-electron chi connectivity index (χ3n) is 4.57. The van der Waals surface area contributed by atoms with Gasteiger partial charge in [-0.3, -0.25) is 9.67 Å². The molecule has 29 heavy (non-hydrogen) atoms. The summed E-state index contributed by atoms with van der Waals surface area (Å²) in [4.78, 5) is 8.94. The van der Waals surface area contributed by atoms with E-state index >= 15 is 0 Å². The topological polar surface area (TPSA) is 55.6 Å². The molecule has 0 amide bonds. The number of fused-ring (bicyclic) bond motifs is 1. The smallest absolute Gasteiger partial charge is 0.123 e. The van der Waals surface area contributed by atoms with Crippen LogP contribution in [0.2, 0.25) is 0 Å². The molecule has 5 rings (SSSR count). The number of benzene rings is 2. The van der Waals surface area contributed by atoms with Gasteiger partial charge in [0.1, 0.15) is 5.01 Å². The first-order valence-corrected chi connectivity index (χ1v) is 9.80. The number of pyridine rings is 1. The van der Waals surface area contributed by atoms with Crippen LogP contribution in [0.5, 0.6) is 0 Å². The number of thiazole rings is 1. The minimum absolute atomic E-state index is 0. The Kier molecular flexibility index (Phi) is 5.29. The fourth-order valence-electron chi connectivity index (χ4n) is 3.24. The normalized spacial score (nSPS) is 10.7. The third kappa shape index (κ3) is 3.85. The van der Waals surface area contributed by atoms with Gasteiger partial charge in [0.2, 0.25) is 0 Å². The fourth-order valence-corrected chi connectivity index (χ4v) is 3.87. The van der Waals surface area contributed by atoms with E-state index in [1.54, 1.807) is 11.3 Å². The first-order chi connectivity index (χ1) is 13.8. The summed E-state index contributed by atoms with van der Waals surface area (Å²) in [6.45, 7) is 0. The molecule has 2 aromatic carbocycles. The summed E-state index contributed by atoms with van der Waals surface area (Å²) < 4.78 is 1.81. The molecule has 0 atom stereocenters. The Morgan fingerprint density at radius 3 is 2.66 bits per heavy atom. The number of nitrogens with zero attached hydrogens (tertiary/aromatic N) is 4. The summed E-state index contributed by atoms with van der Waals surface area (Å²) in [7, 11) is 1.93. The van der Waals surface area contributed by atoms with Gasteiger partial charge in [0.25, 0.3) is 0 Å². The van der Waals surface area contributed by atoms with Crippen molar-refractivity contribution >= 4 is 46.0 Å². The Balaban J connectivity index is 0.00000205. The Labute approximate surface area is 178 Å². The first-order valence-electron chi connectivity index (χ1n) is 8.92. The van der Waals surface area contributed by atoms with Gasteiger partial charge in [0, 0.05) is 58.9 Å². The highest BCUT2D eigenvalue weighted by molar-refractivity contribution is 7.13. The number of aryl methyl sites for hydroxylation is 1. The lowest BCUT2D eigenvalue weighted by molar-refractivity contribution is 0.771. The maximum absolute atomic E-state index is 4.55. The number of nitrogens with one attached hydrogen (secondary N) is 1. The summed E-state index contributed by atoms with van der Waals surface area (Å²) in [5, 5.41) is 12.1. The van der Waals surface area contributed by atoms with Crippen LogP contribution in [-0.2, 0) is 7.05 Å². The largest absolute Gasteiger partial charge is 0.355 e. The first kappa shape index (κ1) is 19.1. The van der Waals surface area contributed by atoms with E-state index in [4.69, 9.17) is 0 Å². The highest BCUT2D eigenvalue weighted by Gasteiger charge is 2.08. The zero-order valence-corrected chi connectivity index (χ0v) is 17.2. The standard InChI is InChI=1S/C22H17N5S.ClH/c1-27-11-8-19(26-27)15-3-2-4-17(13-15)25-20-7-9-23-21-14-16(5-6-18(20)21)22-24-10-12-28-22;/h2-14H,1H3,(H,23,25);1H. The molecule has 0 bridgehead atoms. The summed E-state index contributed by atoms with van der Waals surface area (Å²) in [5.41, 5.74) is 6.10. The average Bonchev–Trinajstić information content (AvgIpc) is 3.40. The van der Waals surface area contributed by atoms with Gasteiger partial charge in [-0.05, 0) is 30.3 Å². The molecule has 5 aromatic rings. The van der Waals surface area contributed by atoms with Crippen molar-refractivity contribution in [3.8, 4) is 21.8 Å². The Hall–Kier alpha value is -3.22. The minimum atomic E-state index is 0. The molecule has 0 spiro atoms. The van der Waals surface area contributed by atoms with Gasteiger partial charge >= 0.3 is 0 Å². The molecule has 3 aromatic heterocycles. The summed E-state index contributed by atoms with van der Waals surface area (Å²) in [6.07, 6.45) is 5.61. The predicted molar refractivity (Wildman–Crippen MR) is 122 cm³/mol. The fraction of sp³-hybridized carbons (Fsp3) is 0.0455. The number of anilines is 2. The van der Waals surface area contributed by atoms with Gasteiger partial charge in [-0.15, -0.1) is 23.7 Å².